The average Bonchev–Trinajstić information content (AvgIpc) is 2.89. The minimum Gasteiger partial charge on any atom is -0.478 e. The maximum absolute atomic E-state index is 12.6. The molecule has 36 heavy (non-hydrogen) atoms. The monoisotopic (exact) mass is 494 g/mol. The first kappa shape index (κ1) is 26.1. The van der Waals surface area contributed by atoms with Gasteiger partial charge in [0.1, 0.15) is 0 Å². The van der Waals surface area contributed by atoms with Crippen molar-refractivity contribution in [3.63, 3.8) is 0 Å². The van der Waals surface area contributed by atoms with E-state index in [9.17, 15) is 14.7 Å². The van der Waals surface area contributed by atoms with Crippen molar-refractivity contribution in [3.8, 4) is 0 Å². The molecule has 1 amide bonds. The molecule has 0 bridgehead atoms. The number of anilines is 2. The number of carboxylic acid groups (broad SMARTS) is 1. The maximum Gasteiger partial charge on any atom is 0.337 e. The molecule has 2 N–H and O–H groups in total. The molecule has 8 nitrogen and oxygen atoms in total. The summed E-state index contributed by atoms with van der Waals surface area (Å²) in [4.78, 5) is 31.7. The van der Waals surface area contributed by atoms with Crippen LogP contribution in [0, 0.1) is 6.92 Å². The first-order valence-electron chi connectivity index (χ1n) is 12.9. The maximum atomic E-state index is 12.6. The SMILES string of the molecule is Cc1ccc(C(=O)Nc2ccc(N3CCC(N(C)CCCN4CCOCC4)CC3)c(C(=O)O)c2)cc1. The van der Waals surface area contributed by atoms with Crippen LogP contribution in [0.4, 0.5) is 11.4 Å². The molecule has 8 heteroatoms. The Labute approximate surface area is 213 Å². The van der Waals surface area contributed by atoms with E-state index in [2.05, 4.69) is 27.1 Å². The molecule has 2 aromatic rings. The molecular weight excluding hydrogens is 456 g/mol. The highest BCUT2D eigenvalue weighted by atomic mass is 16.5. The molecule has 2 aliphatic rings. The van der Waals surface area contributed by atoms with Crippen LogP contribution in [0.15, 0.2) is 42.5 Å². The number of hydrogen-bond acceptors (Lipinski definition) is 6. The number of piperidine rings is 1. The van der Waals surface area contributed by atoms with E-state index in [-0.39, 0.29) is 11.5 Å². The third kappa shape index (κ3) is 6.84. The van der Waals surface area contributed by atoms with Crippen LogP contribution in [-0.4, -0.2) is 92.4 Å². The van der Waals surface area contributed by atoms with E-state index in [1.165, 1.54) is 0 Å². The molecule has 2 saturated heterocycles. The van der Waals surface area contributed by atoms with Gasteiger partial charge in [0.2, 0.25) is 0 Å². The second-order valence-corrected chi connectivity index (χ2v) is 9.86. The molecule has 0 spiro atoms. The summed E-state index contributed by atoms with van der Waals surface area (Å²) in [5.41, 5.74) is 3.03. The molecule has 0 radical (unpaired) electrons. The molecule has 4 rings (SSSR count). The van der Waals surface area contributed by atoms with E-state index in [4.69, 9.17) is 4.74 Å². The number of nitrogens with one attached hydrogen (secondary N) is 1. The number of amides is 1. The Morgan fingerprint density at radius 2 is 1.75 bits per heavy atom. The predicted molar refractivity (Wildman–Crippen MR) is 142 cm³/mol. The summed E-state index contributed by atoms with van der Waals surface area (Å²) in [6.07, 6.45) is 3.15. The minimum atomic E-state index is -0.987. The quantitative estimate of drug-likeness (QED) is 0.551. The standard InChI is InChI=1S/C28H38N4O4/c1-21-4-6-22(7-5-21)27(33)29-23-8-9-26(25(20-23)28(34)35)32-14-10-24(11-15-32)30(2)12-3-13-31-16-18-36-19-17-31/h4-9,20,24H,3,10-19H2,1-2H3,(H,29,33)(H,34,35). The zero-order chi connectivity index (χ0) is 25.5. The highest BCUT2D eigenvalue weighted by Crippen LogP contribution is 2.28. The van der Waals surface area contributed by atoms with E-state index >= 15 is 0 Å². The largest absolute Gasteiger partial charge is 0.478 e. The van der Waals surface area contributed by atoms with Gasteiger partial charge >= 0.3 is 5.97 Å². The van der Waals surface area contributed by atoms with Crippen molar-refractivity contribution in [2.24, 2.45) is 0 Å². The van der Waals surface area contributed by atoms with Crippen molar-refractivity contribution in [3.05, 3.63) is 59.2 Å². The molecule has 2 aliphatic heterocycles. The third-order valence-corrected chi connectivity index (χ3v) is 7.32. The van der Waals surface area contributed by atoms with Gasteiger partial charge in [0.15, 0.2) is 0 Å². The van der Waals surface area contributed by atoms with Gasteiger partial charge in [0, 0.05) is 43.5 Å². The topological polar surface area (TPSA) is 85.4 Å². The number of carbonyl (C=O) groups is 2. The first-order chi connectivity index (χ1) is 17.4. The fourth-order valence-electron chi connectivity index (χ4n) is 5.07. The smallest absolute Gasteiger partial charge is 0.337 e. The van der Waals surface area contributed by atoms with E-state index in [0.29, 0.717) is 23.0 Å². The summed E-state index contributed by atoms with van der Waals surface area (Å²) in [6, 6.07) is 13.0. The zero-order valence-electron chi connectivity index (χ0n) is 21.4. The summed E-state index contributed by atoms with van der Waals surface area (Å²) < 4.78 is 5.43. The number of nitrogens with zero attached hydrogens (tertiary/aromatic N) is 3. The number of aromatic carboxylic acids is 1. The van der Waals surface area contributed by atoms with E-state index in [1.54, 1.807) is 24.3 Å². The summed E-state index contributed by atoms with van der Waals surface area (Å²) in [5, 5.41) is 12.7. The Bertz CT molecular complexity index is 1030. The van der Waals surface area contributed by atoms with E-state index < -0.39 is 5.97 Å². The third-order valence-electron chi connectivity index (χ3n) is 7.32. The normalized spacial score (nSPS) is 17.4. The second-order valence-electron chi connectivity index (χ2n) is 9.86. The molecule has 0 atom stereocenters. The number of rotatable bonds is 9. The van der Waals surface area contributed by atoms with Crippen molar-refractivity contribution in [2.45, 2.75) is 32.2 Å². The fourth-order valence-corrected chi connectivity index (χ4v) is 5.07. The van der Waals surface area contributed by atoms with Crippen LogP contribution in [0.3, 0.4) is 0 Å². The van der Waals surface area contributed by atoms with Gasteiger partial charge in [-0.25, -0.2) is 4.79 Å². The van der Waals surface area contributed by atoms with Gasteiger partial charge in [0.25, 0.3) is 5.91 Å². The van der Waals surface area contributed by atoms with E-state index in [0.717, 1.165) is 77.3 Å². The number of benzene rings is 2. The van der Waals surface area contributed by atoms with Gasteiger partial charge in [-0.3, -0.25) is 9.69 Å². The van der Waals surface area contributed by atoms with Crippen molar-refractivity contribution >= 4 is 23.3 Å². The number of hydrogen-bond donors (Lipinski definition) is 2. The predicted octanol–water partition coefficient (Wildman–Crippen LogP) is 3.57. The number of morpholine rings is 1. The zero-order valence-corrected chi connectivity index (χ0v) is 21.4. The van der Waals surface area contributed by atoms with Gasteiger partial charge < -0.3 is 25.0 Å². The Morgan fingerprint density at radius 3 is 2.42 bits per heavy atom. The lowest BCUT2D eigenvalue weighted by Gasteiger charge is -2.38. The number of ether oxygens (including phenoxy) is 1. The van der Waals surface area contributed by atoms with Crippen molar-refractivity contribution in [1.82, 2.24) is 9.80 Å². The number of carbonyl (C=O) groups excluding carboxylic acids is 1. The first-order valence-corrected chi connectivity index (χ1v) is 12.9. The molecule has 2 fully saturated rings. The highest BCUT2D eigenvalue weighted by molar-refractivity contribution is 6.05. The highest BCUT2D eigenvalue weighted by Gasteiger charge is 2.25. The van der Waals surface area contributed by atoms with Crippen LogP contribution in [0.1, 0.15) is 45.5 Å². The average molecular weight is 495 g/mol. The van der Waals surface area contributed by atoms with Crippen LogP contribution in [0.2, 0.25) is 0 Å². The van der Waals surface area contributed by atoms with Gasteiger partial charge in [0.05, 0.1) is 24.5 Å². The molecule has 0 aromatic heterocycles. The Kier molecular flexibility index (Phi) is 8.96. The molecular formula is C28H38N4O4. The van der Waals surface area contributed by atoms with E-state index in [1.807, 2.05) is 25.1 Å². The minimum absolute atomic E-state index is 0.217. The lowest BCUT2D eigenvalue weighted by molar-refractivity contribution is 0.0357. The number of carboxylic acids is 1. The molecule has 2 heterocycles. The summed E-state index contributed by atoms with van der Waals surface area (Å²) >= 11 is 0. The van der Waals surface area contributed by atoms with Crippen LogP contribution in [0.25, 0.3) is 0 Å². The van der Waals surface area contributed by atoms with Crippen molar-refractivity contribution in [2.75, 3.05) is 69.7 Å². The van der Waals surface area contributed by atoms with Gasteiger partial charge in [-0.15, -0.1) is 0 Å². The summed E-state index contributed by atoms with van der Waals surface area (Å²) in [6.45, 7) is 9.51. The summed E-state index contributed by atoms with van der Waals surface area (Å²) in [5.74, 6) is -1.24. The Morgan fingerprint density at radius 1 is 1.06 bits per heavy atom. The molecule has 194 valence electrons. The van der Waals surface area contributed by atoms with Crippen LogP contribution in [-0.2, 0) is 4.74 Å². The fraction of sp³-hybridized carbons (Fsp3) is 0.500. The van der Waals surface area contributed by atoms with Crippen molar-refractivity contribution in [1.29, 1.82) is 0 Å². The van der Waals surface area contributed by atoms with Gasteiger partial charge in [-0.1, -0.05) is 17.7 Å². The molecule has 0 saturated carbocycles. The van der Waals surface area contributed by atoms with Crippen LogP contribution < -0.4 is 10.2 Å². The second kappa shape index (κ2) is 12.3. The van der Waals surface area contributed by atoms with Gasteiger partial charge in [-0.05, 0) is 76.7 Å². The lowest BCUT2D eigenvalue weighted by Crippen LogP contribution is -2.44. The number of aryl methyl sites for hydroxylation is 1. The molecule has 0 aliphatic carbocycles. The van der Waals surface area contributed by atoms with Crippen LogP contribution in [0.5, 0.6) is 0 Å². The van der Waals surface area contributed by atoms with Gasteiger partial charge in [-0.2, -0.15) is 0 Å². The van der Waals surface area contributed by atoms with Crippen molar-refractivity contribution < 1.29 is 19.4 Å². The molecule has 2 aromatic carbocycles. The summed E-state index contributed by atoms with van der Waals surface area (Å²) in [7, 11) is 2.20. The Balaban J connectivity index is 1.31. The van der Waals surface area contributed by atoms with Crippen LogP contribution >= 0.6 is 0 Å². The Hall–Kier alpha value is -2.94. The lowest BCUT2D eigenvalue weighted by atomic mass is 10.0. The molecule has 0 unspecified atom stereocenters.